The number of rotatable bonds is 3. The Kier molecular flexibility index (Phi) is 7.79. The van der Waals surface area contributed by atoms with Gasteiger partial charge in [0.25, 0.3) is 0 Å². The summed E-state index contributed by atoms with van der Waals surface area (Å²) in [5.41, 5.74) is 4.60. The van der Waals surface area contributed by atoms with E-state index in [-0.39, 0.29) is 24.0 Å². The topological polar surface area (TPSA) is 48.7 Å². The van der Waals surface area contributed by atoms with Crippen molar-refractivity contribution in [2.75, 3.05) is 38.1 Å². The van der Waals surface area contributed by atoms with Crippen LogP contribution >= 0.6 is 35.6 Å². The molecule has 0 amide bonds. The van der Waals surface area contributed by atoms with Crippen LogP contribution in [-0.2, 0) is 13.6 Å². The van der Waals surface area contributed by atoms with Crippen molar-refractivity contribution in [3.63, 3.8) is 0 Å². The Bertz CT molecular complexity index is 795. The predicted octanol–water partition coefficient (Wildman–Crippen LogP) is 3.21. The molecular weight excluding hydrogens is 475 g/mol. The predicted molar refractivity (Wildman–Crippen MR) is 124 cm³/mol. The van der Waals surface area contributed by atoms with Crippen LogP contribution < -0.4 is 10.2 Å². The van der Waals surface area contributed by atoms with E-state index in [4.69, 9.17) is 11.6 Å². The summed E-state index contributed by atoms with van der Waals surface area (Å²) in [7, 11) is 3.82. The molecule has 3 rings (SSSR count). The minimum Gasteiger partial charge on any atom is -0.367 e. The number of nitrogens with one attached hydrogen (secondary N) is 1. The van der Waals surface area contributed by atoms with Gasteiger partial charge in [0.1, 0.15) is 0 Å². The number of benzene rings is 1. The number of halogens is 2. The zero-order chi connectivity index (χ0) is 18.7. The highest BCUT2D eigenvalue weighted by Crippen LogP contribution is 2.26. The molecule has 1 fully saturated rings. The monoisotopic (exact) mass is 502 g/mol. The fourth-order valence-electron chi connectivity index (χ4n) is 3.44. The number of aliphatic imine (C=N–C) groups is 1. The first kappa shape index (κ1) is 21.8. The lowest BCUT2D eigenvalue weighted by Gasteiger charge is -2.38. The molecule has 0 saturated carbocycles. The standard InChI is InChI=1S/C19H27ClN6.HI/c1-14-16(15(2)24(4)23-14)13-22-19(21-3)26-11-9-25(10-12-26)18-8-6-5-7-17(18)20;/h5-8H,9-13H2,1-4H3,(H,21,22);1H. The molecule has 0 bridgehead atoms. The van der Waals surface area contributed by atoms with Gasteiger partial charge in [-0.3, -0.25) is 9.67 Å². The number of guanidine groups is 1. The maximum Gasteiger partial charge on any atom is 0.194 e. The zero-order valence-electron chi connectivity index (χ0n) is 16.4. The van der Waals surface area contributed by atoms with Gasteiger partial charge in [0.05, 0.1) is 16.4 Å². The molecule has 1 aliphatic rings. The summed E-state index contributed by atoms with van der Waals surface area (Å²) < 4.78 is 1.93. The second-order valence-corrected chi connectivity index (χ2v) is 7.01. The molecule has 148 valence electrons. The summed E-state index contributed by atoms with van der Waals surface area (Å²) in [5.74, 6) is 0.937. The number of nitrogens with zero attached hydrogens (tertiary/aromatic N) is 5. The van der Waals surface area contributed by atoms with Crippen LogP contribution in [0.25, 0.3) is 0 Å². The third kappa shape index (κ3) is 4.87. The van der Waals surface area contributed by atoms with Gasteiger partial charge in [-0.15, -0.1) is 24.0 Å². The minimum atomic E-state index is 0. The van der Waals surface area contributed by atoms with Gasteiger partial charge in [-0.25, -0.2) is 0 Å². The van der Waals surface area contributed by atoms with E-state index in [1.165, 1.54) is 11.3 Å². The van der Waals surface area contributed by atoms with E-state index in [1.54, 1.807) is 0 Å². The van der Waals surface area contributed by atoms with E-state index in [9.17, 15) is 0 Å². The molecule has 0 atom stereocenters. The highest BCUT2D eigenvalue weighted by molar-refractivity contribution is 14.0. The molecule has 1 aromatic heterocycles. The molecular formula is C19H28ClIN6. The van der Waals surface area contributed by atoms with Gasteiger partial charge < -0.3 is 15.1 Å². The first-order chi connectivity index (χ1) is 12.5. The van der Waals surface area contributed by atoms with Crippen LogP contribution in [0.15, 0.2) is 29.3 Å². The van der Waals surface area contributed by atoms with Gasteiger partial charge in [0, 0.05) is 58.1 Å². The van der Waals surface area contributed by atoms with Crippen molar-refractivity contribution in [2.24, 2.45) is 12.0 Å². The molecule has 0 spiro atoms. The summed E-state index contributed by atoms with van der Waals surface area (Å²) in [6.45, 7) is 8.57. The lowest BCUT2D eigenvalue weighted by molar-refractivity contribution is 0.372. The van der Waals surface area contributed by atoms with Crippen LogP contribution in [0, 0.1) is 13.8 Å². The fourth-order valence-corrected chi connectivity index (χ4v) is 3.70. The van der Waals surface area contributed by atoms with Gasteiger partial charge in [0.2, 0.25) is 0 Å². The van der Waals surface area contributed by atoms with Crippen LogP contribution in [0.4, 0.5) is 5.69 Å². The third-order valence-electron chi connectivity index (χ3n) is 5.07. The number of aromatic nitrogens is 2. The molecule has 2 aromatic rings. The molecule has 1 saturated heterocycles. The van der Waals surface area contributed by atoms with Crippen molar-refractivity contribution in [1.82, 2.24) is 20.0 Å². The molecule has 6 nitrogen and oxygen atoms in total. The maximum absolute atomic E-state index is 6.33. The fraction of sp³-hybridized carbons (Fsp3) is 0.474. The van der Waals surface area contributed by atoms with E-state index in [2.05, 4.69) is 45.1 Å². The van der Waals surface area contributed by atoms with Gasteiger partial charge in [0.15, 0.2) is 5.96 Å². The summed E-state index contributed by atoms with van der Waals surface area (Å²) >= 11 is 6.33. The normalized spacial score (nSPS) is 14.9. The lowest BCUT2D eigenvalue weighted by Crippen LogP contribution is -2.52. The minimum absolute atomic E-state index is 0. The number of hydrogen-bond donors (Lipinski definition) is 1. The van der Waals surface area contributed by atoms with Crippen molar-refractivity contribution >= 4 is 47.2 Å². The Morgan fingerprint density at radius 3 is 2.41 bits per heavy atom. The van der Waals surface area contributed by atoms with E-state index in [0.29, 0.717) is 0 Å². The van der Waals surface area contributed by atoms with Crippen molar-refractivity contribution in [3.8, 4) is 0 Å². The Balaban J connectivity index is 0.00000261. The van der Waals surface area contributed by atoms with E-state index < -0.39 is 0 Å². The van der Waals surface area contributed by atoms with E-state index in [1.807, 2.05) is 37.0 Å². The summed E-state index contributed by atoms with van der Waals surface area (Å²) in [5, 5.41) is 8.79. The molecule has 2 heterocycles. The number of aryl methyl sites for hydroxylation is 2. The zero-order valence-corrected chi connectivity index (χ0v) is 19.5. The average Bonchev–Trinajstić information content (AvgIpc) is 2.89. The van der Waals surface area contributed by atoms with Gasteiger partial charge in [-0.2, -0.15) is 5.10 Å². The second-order valence-electron chi connectivity index (χ2n) is 6.60. The quantitative estimate of drug-likeness (QED) is 0.398. The van der Waals surface area contributed by atoms with Crippen molar-refractivity contribution in [2.45, 2.75) is 20.4 Å². The molecule has 0 aliphatic carbocycles. The van der Waals surface area contributed by atoms with Gasteiger partial charge in [-0.1, -0.05) is 23.7 Å². The molecule has 27 heavy (non-hydrogen) atoms. The first-order valence-electron chi connectivity index (χ1n) is 8.95. The molecule has 1 aromatic carbocycles. The van der Waals surface area contributed by atoms with Crippen LogP contribution in [0.2, 0.25) is 5.02 Å². The highest BCUT2D eigenvalue weighted by atomic mass is 127. The number of hydrogen-bond acceptors (Lipinski definition) is 3. The van der Waals surface area contributed by atoms with Crippen LogP contribution in [0.5, 0.6) is 0 Å². The molecule has 0 unspecified atom stereocenters. The van der Waals surface area contributed by atoms with Crippen LogP contribution in [0.1, 0.15) is 17.0 Å². The van der Waals surface area contributed by atoms with Crippen LogP contribution in [0.3, 0.4) is 0 Å². The number of piperazine rings is 1. The molecule has 0 radical (unpaired) electrons. The molecule has 1 N–H and O–H groups in total. The maximum atomic E-state index is 6.33. The van der Waals surface area contributed by atoms with Gasteiger partial charge in [-0.05, 0) is 26.0 Å². The summed E-state index contributed by atoms with van der Waals surface area (Å²) in [4.78, 5) is 9.10. The number of para-hydroxylation sites is 1. The number of anilines is 1. The molecule has 8 heteroatoms. The molecule has 1 aliphatic heterocycles. The van der Waals surface area contributed by atoms with E-state index in [0.717, 1.165) is 55.1 Å². The first-order valence-corrected chi connectivity index (χ1v) is 9.33. The summed E-state index contributed by atoms with van der Waals surface area (Å²) in [6.07, 6.45) is 0. The SMILES string of the molecule is CN=C(NCc1c(C)nn(C)c1C)N1CCN(c2ccccc2Cl)CC1.I. The Hall–Kier alpha value is -1.48. The Morgan fingerprint density at radius 2 is 1.85 bits per heavy atom. The summed E-state index contributed by atoms with van der Waals surface area (Å²) in [6, 6.07) is 8.03. The van der Waals surface area contributed by atoms with Crippen molar-refractivity contribution in [3.05, 3.63) is 46.2 Å². The Labute approximate surface area is 183 Å². The van der Waals surface area contributed by atoms with Crippen LogP contribution in [-0.4, -0.2) is 53.9 Å². The van der Waals surface area contributed by atoms with Crippen molar-refractivity contribution < 1.29 is 0 Å². The van der Waals surface area contributed by atoms with Crippen molar-refractivity contribution in [1.29, 1.82) is 0 Å². The van der Waals surface area contributed by atoms with Gasteiger partial charge >= 0.3 is 0 Å². The largest absolute Gasteiger partial charge is 0.367 e. The third-order valence-corrected chi connectivity index (χ3v) is 5.39. The second kappa shape index (κ2) is 9.64. The Morgan fingerprint density at radius 1 is 1.19 bits per heavy atom. The smallest absolute Gasteiger partial charge is 0.194 e. The highest BCUT2D eigenvalue weighted by Gasteiger charge is 2.21. The average molecular weight is 503 g/mol. The van der Waals surface area contributed by atoms with E-state index >= 15 is 0 Å². The lowest BCUT2D eigenvalue weighted by atomic mass is 10.2.